The third kappa shape index (κ3) is 10.0. The standard InChI is InChI=1S/C13H21N2O5P/c16-13(20-11-12-7-3-1-4-8-12)15-14-9-5-2-6-10-21(17,18)19/h1,3-4,7-8,14H,2,5-6,9-11H2,(H,15,16)(H2,17,18,19). The van der Waals surface area contributed by atoms with Crippen LogP contribution in [0.3, 0.4) is 0 Å². The summed E-state index contributed by atoms with van der Waals surface area (Å²) >= 11 is 0. The average Bonchev–Trinajstić information content (AvgIpc) is 2.44. The molecule has 8 heteroatoms. The molecule has 1 aromatic rings. The van der Waals surface area contributed by atoms with E-state index in [0.29, 0.717) is 25.8 Å². The van der Waals surface area contributed by atoms with Crippen LogP contribution in [0.5, 0.6) is 0 Å². The molecule has 0 aliphatic carbocycles. The summed E-state index contributed by atoms with van der Waals surface area (Å²) in [5.74, 6) is 0. The van der Waals surface area contributed by atoms with Crippen LogP contribution in [0.25, 0.3) is 0 Å². The van der Waals surface area contributed by atoms with E-state index < -0.39 is 13.7 Å². The third-order valence-electron chi connectivity index (χ3n) is 2.65. The summed E-state index contributed by atoms with van der Waals surface area (Å²) in [5, 5.41) is 0. The Bertz CT molecular complexity index is 463. The Morgan fingerprint density at radius 3 is 2.52 bits per heavy atom. The molecule has 0 heterocycles. The van der Waals surface area contributed by atoms with Crippen molar-refractivity contribution < 1.29 is 23.9 Å². The lowest BCUT2D eigenvalue weighted by atomic mass is 10.2. The van der Waals surface area contributed by atoms with Crippen molar-refractivity contribution in [3.05, 3.63) is 35.9 Å². The zero-order valence-corrected chi connectivity index (χ0v) is 12.6. The van der Waals surface area contributed by atoms with E-state index in [0.717, 1.165) is 5.56 Å². The fraction of sp³-hybridized carbons (Fsp3) is 0.462. The molecule has 7 nitrogen and oxygen atoms in total. The largest absolute Gasteiger partial charge is 0.444 e. The van der Waals surface area contributed by atoms with E-state index in [9.17, 15) is 9.36 Å². The molecule has 0 radical (unpaired) electrons. The van der Waals surface area contributed by atoms with E-state index in [1.54, 1.807) is 0 Å². The minimum Gasteiger partial charge on any atom is -0.444 e. The molecule has 118 valence electrons. The lowest BCUT2D eigenvalue weighted by Crippen LogP contribution is -2.38. The first-order chi connectivity index (χ1) is 9.97. The van der Waals surface area contributed by atoms with Gasteiger partial charge in [0.25, 0.3) is 0 Å². The van der Waals surface area contributed by atoms with Crippen molar-refractivity contribution in [3.63, 3.8) is 0 Å². The van der Waals surface area contributed by atoms with Crippen molar-refractivity contribution in [3.8, 4) is 0 Å². The summed E-state index contributed by atoms with van der Waals surface area (Å²) in [6, 6.07) is 9.35. The van der Waals surface area contributed by atoms with Gasteiger partial charge in [-0.25, -0.2) is 10.2 Å². The van der Waals surface area contributed by atoms with Gasteiger partial charge in [0, 0.05) is 12.7 Å². The van der Waals surface area contributed by atoms with Crippen molar-refractivity contribution >= 4 is 13.7 Å². The number of benzene rings is 1. The Morgan fingerprint density at radius 1 is 1.14 bits per heavy atom. The van der Waals surface area contributed by atoms with E-state index in [1.807, 2.05) is 30.3 Å². The maximum absolute atomic E-state index is 11.3. The van der Waals surface area contributed by atoms with Crippen LogP contribution in [-0.2, 0) is 15.9 Å². The van der Waals surface area contributed by atoms with Gasteiger partial charge in [-0.15, -0.1) is 0 Å². The van der Waals surface area contributed by atoms with E-state index in [-0.39, 0.29) is 12.8 Å². The molecule has 0 fully saturated rings. The Kier molecular flexibility index (Phi) is 8.00. The van der Waals surface area contributed by atoms with Crippen LogP contribution in [-0.4, -0.2) is 28.6 Å². The molecule has 0 spiro atoms. The lowest BCUT2D eigenvalue weighted by molar-refractivity contribution is 0.135. The Balaban J connectivity index is 1.98. The molecule has 0 aliphatic heterocycles. The molecule has 0 aromatic heterocycles. The molecule has 0 unspecified atom stereocenters. The second kappa shape index (κ2) is 9.52. The number of amides is 1. The van der Waals surface area contributed by atoms with Crippen molar-refractivity contribution in [2.24, 2.45) is 0 Å². The summed E-state index contributed by atoms with van der Waals surface area (Å²) in [6.07, 6.45) is 1.19. The minimum absolute atomic E-state index is 0.0977. The predicted octanol–water partition coefficient (Wildman–Crippen LogP) is 1.77. The van der Waals surface area contributed by atoms with Crippen molar-refractivity contribution in [2.75, 3.05) is 12.7 Å². The molecular formula is C13H21N2O5P. The zero-order valence-electron chi connectivity index (χ0n) is 11.7. The van der Waals surface area contributed by atoms with Crippen LogP contribution in [0.1, 0.15) is 24.8 Å². The molecule has 0 aliphatic rings. The van der Waals surface area contributed by atoms with E-state index in [2.05, 4.69) is 10.9 Å². The van der Waals surface area contributed by atoms with E-state index in [4.69, 9.17) is 14.5 Å². The Labute approximate surface area is 123 Å². The van der Waals surface area contributed by atoms with Gasteiger partial charge in [0.1, 0.15) is 6.61 Å². The highest BCUT2D eigenvalue weighted by molar-refractivity contribution is 7.51. The van der Waals surface area contributed by atoms with Crippen LogP contribution in [0.2, 0.25) is 0 Å². The number of carbonyl (C=O) groups excluding carboxylic acids is 1. The summed E-state index contributed by atoms with van der Waals surface area (Å²) in [4.78, 5) is 28.7. The van der Waals surface area contributed by atoms with Gasteiger partial charge in [-0.05, 0) is 18.4 Å². The van der Waals surface area contributed by atoms with Crippen molar-refractivity contribution in [1.82, 2.24) is 10.9 Å². The zero-order chi connectivity index (χ0) is 15.6. The third-order valence-corrected chi connectivity index (χ3v) is 3.55. The molecule has 1 amide bonds. The fourth-order valence-corrected chi connectivity index (χ4v) is 2.24. The molecule has 4 N–H and O–H groups in total. The quantitative estimate of drug-likeness (QED) is 0.314. The van der Waals surface area contributed by atoms with Crippen LogP contribution in [0, 0.1) is 0 Å². The normalized spacial score (nSPS) is 11.1. The minimum atomic E-state index is -3.89. The first-order valence-corrected chi connectivity index (χ1v) is 8.51. The van der Waals surface area contributed by atoms with Gasteiger partial charge in [-0.1, -0.05) is 36.8 Å². The number of hydrazine groups is 1. The molecule has 1 aromatic carbocycles. The number of rotatable bonds is 9. The number of unbranched alkanes of at least 4 members (excludes halogenated alkanes) is 2. The molecule has 0 atom stereocenters. The van der Waals surface area contributed by atoms with Gasteiger partial charge >= 0.3 is 13.7 Å². The van der Waals surface area contributed by atoms with Crippen LogP contribution in [0.4, 0.5) is 4.79 Å². The van der Waals surface area contributed by atoms with E-state index in [1.165, 1.54) is 0 Å². The molecule has 21 heavy (non-hydrogen) atoms. The predicted molar refractivity (Wildman–Crippen MR) is 78.5 cm³/mol. The maximum Gasteiger partial charge on any atom is 0.421 e. The Morgan fingerprint density at radius 2 is 1.86 bits per heavy atom. The number of carbonyl (C=O) groups is 1. The molecule has 0 saturated heterocycles. The van der Waals surface area contributed by atoms with Gasteiger partial charge < -0.3 is 14.5 Å². The molecule has 0 bridgehead atoms. The summed E-state index contributed by atoms with van der Waals surface area (Å²) < 4.78 is 15.6. The first kappa shape index (κ1) is 17.7. The highest BCUT2D eigenvalue weighted by atomic mass is 31.2. The molecule has 1 rings (SSSR count). The van der Waals surface area contributed by atoms with Gasteiger partial charge in [0.2, 0.25) is 0 Å². The number of hydrogen-bond acceptors (Lipinski definition) is 4. The monoisotopic (exact) mass is 316 g/mol. The molecular weight excluding hydrogens is 295 g/mol. The van der Waals surface area contributed by atoms with Crippen LogP contribution < -0.4 is 10.9 Å². The maximum atomic E-state index is 11.3. The summed E-state index contributed by atoms with van der Waals surface area (Å²) in [7, 11) is -3.89. The SMILES string of the molecule is O=C(NNCCCCCP(=O)(O)O)OCc1ccccc1. The first-order valence-electron chi connectivity index (χ1n) is 6.71. The average molecular weight is 316 g/mol. The molecule has 0 saturated carbocycles. The van der Waals surface area contributed by atoms with Gasteiger partial charge in [0.15, 0.2) is 0 Å². The number of ether oxygens (including phenoxy) is 1. The summed E-state index contributed by atoms with van der Waals surface area (Å²) in [5.41, 5.74) is 6.00. The lowest BCUT2D eigenvalue weighted by Gasteiger charge is -2.08. The van der Waals surface area contributed by atoms with Crippen LogP contribution >= 0.6 is 7.60 Å². The van der Waals surface area contributed by atoms with Crippen molar-refractivity contribution in [2.45, 2.75) is 25.9 Å². The fourth-order valence-electron chi connectivity index (χ4n) is 1.60. The van der Waals surface area contributed by atoms with Gasteiger partial charge in [0.05, 0.1) is 0 Å². The van der Waals surface area contributed by atoms with Crippen molar-refractivity contribution in [1.29, 1.82) is 0 Å². The second-order valence-electron chi connectivity index (χ2n) is 4.56. The second-order valence-corrected chi connectivity index (χ2v) is 6.34. The van der Waals surface area contributed by atoms with Crippen LogP contribution in [0.15, 0.2) is 30.3 Å². The highest BCUT2D eigenvalue weighted by Gasteiger charge is 2.10. The highest BCUT2D eigenvalue weighted by Crippen LogP contribution is 2.35. The summed E-state index contributed by atoms with van der Waals surface area (Å²) in [6.45, 7) is 0.720. The smallest absolute Gasteiger partial charge is 0.421 e. The topological polar surface area (TPSA) is 108 Å². The number of hydrogen-bond donors (Lipinski definition) is 4. The van der Waals surface area contributed by atoms with E-state index >= 15 is 0 Å². The number of nitrogens with one attached hydrogen (secondary N) is 2. The van der Waals surface area contributed by atoms with Gasteiger partial charge in [-0.3, -0.25) is 9.99 Å². The Hall–Kier alpha value is -1.40. The van der Waals surface area contributed by atoms with Gasteiger partial charge in [-0.2, -0.15) is 0 Å².